The van der Waals surface area contributed by atoms with E-state index < -0.39 is 0 Å². The molecule has 0 fully saturated rings. The van der Waals surface area contributed by atoms with Crippen molar-refractivity contribution < 1.29 is 9.53 Å². The molecule has 0 N–H and O–H groups in total. The quantitative estimate of drug-likeness (QED) is 0.358. The van der Waals surface area contributed by atoms with Gasteiger partial charge in [0.2, 0.25) is 0 Å². The topological polar surface area (TPSA) is 26.3 Å². The fraction of sp³-hybridized carbons (Fsp3) is 0.500. The lowest BCUT2D eigenvalue weighted by Gasteiger charge is -1.96. The normalized spacial score (nSPS) is 10.2. The molecule has 0 aromatic rings. The number of unbranched alkanes of at least 4 members (excludes halogenated alkanes) is 1. The average Bonchev–Trinajstić information content (AvgIpc) is 2.00. The average molecular weight is 168 g/mol. The van der Waals surface area contributed by atoms with E-state index in [2.05, 4.69) is 6.58 Å². The molecule has 0 saturated heterocycles. The van der Waals surface area contributed by atoms with Crippen molar-refractivity contribution in [2.24, 2.45) is 0 Å². The highest BCUT2D eigenvalue weighted by Gasteiger charge is 1.97. The standard InChI is InChI=1S/C10H16O2/c1-4-5-6-10(11)12-8-7-9(2)3/h7-8H,2,4-6H2,1,3H3/b8-7+. The Morgan fingerprint density at radius 2 is 2.25 bits per heavy atom. The minimum atomic E-state index is -0.172. The molecule has 0 spiro atoms. The molecule has 0 aliphatic carbocycles. The molecule has 12 heavy (non-hydrogen) atoms. The maximum Gasteiger partial charge on any atom is 0.310 e. The first-order chi connectivity index (χ1) is 5.66. The highest BCUT2D eigenvalue weighted by molar-refractivity contribution is 5.69. The zero-order chi connectivity index (χ0) is 9.40. The van der Waals surface area contributed by atoms with E-state index in [0.29, 0.717) is 6.42 Å². The minimum absolute atomic E-state index is 0.172. The molecule has 0 atom stereocenters. The lowest BCUT2D eigenvalue weighted by Crippen LogP contribution is -1.98. The zero-order valence-electron chi connectivity index (χ0n) is 7.80. The molecule has 2 nitrogen and oxygen atoms in total. The van der Waals surface area contributed by atoms with Crippen molar-refractivity contribution in [3.05, 3.63) is 24.5 Å². The Morgan fingerprint density at radius 1 is 1.58 bits per heavy atom. The van der Waals surface area contributed by atoms with Crippen LogP contribution in [0.5, 0.6) is 0 Å². The summed E-state index contributed by atoms with van der Waals surface area (Å²) in [6.07, 6.45) is 5.46. The van der Waals surface area contributed by atoms with Gasteiger partial charge in [0.15, 0.2) is 0 Å². The van der Waals surface area contributed by atoms with Crippen LogP contribution in [-0.4, -0.2) is 5.97 Å². The van der Waals surface area contributed by atoms with Crippen molar-refractivity contribution in [2.75, 3.05) is 0 Å². The SMILES string of the molecule is C=C(C)/C=C/OC(=O)CCCC. The van der Waals surface area contributed by atoms with Crippen LogP contribution in [0, 0.1) is 0 Å². The predicted molar refractivity (Wildman–Crippen MR) is 49.6 cm³/mol. The molecule has 0 heterocycles. The number of ether oxygens (including phenoxy) is 1. The lowest BCUT2D eigenvalue weighted by molar-refractivity contribution is -0.138. The van der Waals surface area contributed by atoms with E-state index in [0.717, 1.165) is 18.4 Å². The Balaban J connectivity index is 3.50. The molecule has 0 amide bonds. The van der Waals surface area contributed by atoms with Crippen LogP contribution in [0.25, 0.3) is 0 Å². The molecular weight excluding hydrogens is 152 g/mol. The van der Waals surface area contributed by atoms with Crippen molar-refractivity contribution in [2.45, 2.75) is 33.1 Å². The molecule has 0 aromatic heterocycles. The van der Waals surface area contributed by atoms with Crippen LogP contribution in [0.1, 0.15) is 33.1 Å². The molecule has 2 heteroatoms. The number of esters is 1. The van der Waals surface area contributed by atoms with Gasteiger partial charge in [0.25, 0.3) is 0 Å². The van der Waals surface area contributed by atoms with Crippen LogP contribution < -0.4 is 0 Å². The number of carbonyl (C=O) groups excluding carboxylic acids is 1. The molecule has 0 bridgehead atoms. The van der Waals surface area contributed by atoms with E-state index in [1.807, 2.05) is 13.8 Å². The molecule has 0 radical (unpaired) electrons. The second kappa shape index (κ2) is 6.65. The summed E-state index contributed by atoms with van der Waals surface area (Å²) in [7, 11) is 0. The molecule has 0 unspecified atom stereocenters. The summed E-state index contributed by atoms with van der Waals surface area (Å²) in [6.45, 7) is 7.52. The number of carbonyl (C=O) groups is 1. The zero-order valence-corrected chi connectivity index (χ0v) is 7.80. The Labute approximate surface area is 73.9 Å². The summed E-state index contributed by atoms with van der Waals surface area (Å²) < 4.78 is 4.77. The largest absolute Gasteiger partial charge is 0.434 e. The van der Waals surface area contributed by atoms with Gasteiger partial charge in [-0.1, -0.05) is 25.5 Å². The molecule has 0 rings (SSSR count). The van der Waals surface area contributed by atoms with Gasteiger partial charge in [-0.3, -0.25) is 4.79 Å². The Morgan fingerprint density at radius 3 is 2.75 bits per heavy atom. The number of allylic oxidation sites excluding steroid dienone is 2. The van der Waals surface area contributed by atoms with Gasteiger partial charge in [-0.25, -0.2) is 0 Å². The first kappa shape index (κ1) is 11.0. The fourth-order valence-electron chi connectivity index (χ4n) is 0.606. The third-order valence-electron chi connectivity index (χ3n) is 1.29. The maximum atomic E-state index is 10.9. The number of hydrogen-bond acceptors (Lipinski definition) is 2. The lowest BCUT2D eigenvalue weighted by atomic mass is 10.2. The van der Waals surface area contributed by atoms with E-state index in [1.165, 1.54) is 6.26 Å². The third-order valence-corrected chi connectivity index (χ3v) is 1.29. The van der Waals surface area contributed by atoms with Gasteiger partial charge < -0.3 is 4.74 Å². The van der Waals surface area contributed by atoms with Gasteiger partial charge >= 0.3 is 5.97 Å². The van der Waals surface area contributed by atoms with Crippen LogP contribution in [0.3, 0.4) is 0 Å². The molecular formula is C10H16O2. The van der Waals surface area contributed by atoms with Gasteiger partial charge in [0, 0.05) is 6.42 Å². The van der Waals surface area contributed by atoms with Gasteiger partial charge in [-0.15, -0.1) is 0 Å². The van der Waals surface area contributed by atoms with Crippen molar-refractivity contribution >= 4 is 5.97 Å². The van der Waals surface area contributed by atoms with Gasteiger partial charge in [0.05, 0.1) is 6.26 Å². The summed E-state index contributed by atoms with van der Waals surface area (Å²) in [4.78, 5) is 10.9. The van der Waals surface area contributed by atoms with Gasteiger partial charge in [-0.2, -0.15) is 0 Å². The minimum Gasteiger partial charge on any atom is -0.434 e. The van der Waals surface area contributed by atoms with E-state index in [4.69, 9.17) is 4.74 Å². The van der Waals surface area contributed by atoms with E-state index in [-0.39, 0.29) is 5.97 Å². The molecule has 0 aromatic carbocycles. The van der Waals surface area contributed by atoms with Gasteiger partial charge in [-0.05, 0) is 19.4 Å². The van der Waals surface area contributed by atoms with Crippen LogP contribution in [0.2, 0.25) is 0 Å². The summed E-state index contributed by atoms with van der Waals surface area (Å²) in [6, 6.07) is 0. The van der Waals surface area contributed by atoms with E-state index in [9.17, 15) is 4.79 Å². The summed E-state index contributed by atoms with van der Waals surface area (Å²) in [5.74, 6) is -0.172. The molecule has 0 saturated carbocycles. The van der Waals surface area contributed by atoms with Crippen LogP contribution >= 0.6 is 0 Å². The second-order valence-corrected chi connectivity index (χ2v) is 2.74. The molecule has 68 valence electrons. The van der Waals surface area contributed by atoms with Crippen LogP contribution in [0.4, 0.5) is 0 Å². The monoisotopic (exact) mass is 168 g/mol. The fourth-order valence-corrected chi connectivity index (χ4v) is 0.606. The van der Waals surface area contributed by atoms with Gasteiger partial charge in [0.1, 0.15) is 0 Å². The van der Waals surface area contributed by atoms with E-state index in [1.54, 1.807) is 6.08 Å². The summed E-state index contributed by atoms with van der Waals surface area (Å²) >= 11 is 0. The molecule has 0 aliphatic heterocycles. The second-order valence-electron chi connectivity index (χ2n) is 2.74. The number of hydrogen-bond donors (Lipinski definition) is 0. The van der Waals surface area contributed by atoms with Crippen molar-refractivity contribution in [3.8, 4) is 0 Å². The Kier molecular flexibility index (Phi) is 6.07. The smallest absolute Gasteiger partial charge is 0.310 e. The predicted octanol–water partition coefficient (Wildman–Crippen LogP) is 2.81. The third kappa shape index (κ3) is 7.06. The summed E-state index contributed by atoms with van der Waals surface area (Å²) in [5, 5.41) is 0. The Bertz CT molecular complexity index is 180. The first-order valence-corrected chi connectivity index (χ1v) is 4.18. The van der Waals surface area contributed by atoms with E-state index >= 15 is 0 Å². The van der Waals surface area contributed by atoms with Crippen molar-refractivity contribution in [3.63, 3.8) is 0 Å². The molecule has 0 aliphatic rings. The highest BCUT2D eigenvalue weighted by Crippen LogP contribution is 1.97. The van der Waals surface area contributed by atoms with Crippen molar-refractivity contribution in [1.82, 2.24) is 0 Å². The number of rotatable bonds is 5. The highest BCUT2D eigenvalue weighted by atomic mass is 16.5. The Hall–Kier alpha value is -1.05. The maximum absolute atomic E-state index is 10.9. The summed E-state index contributed by atoms with van der Waals surface area (Å²) in [5.41, 5.74) is 0.873. The van der Waals surface area contributed by atoms with Crippen LogP contribution in [0.15, 0.2) is 24.5 Å². The first-order valence-electron chi connectivity index (χ1n) is 4.18. The van der Waals surface area contributed by atoms with Crippen LogP contribution in [-0.2, 0) is 9.53 Å². The van der Waals surface area contributed by atoms with Crippen molar-refractivity contribution in [1.29, 1.82) is 0 Å².